The van der Waals surface area contributed by atoms with Crippen molar-refractivity contribution in [3.63, 3.8) is 0 Å². The number of rotatable bonds is 5. The first-order valence-corrected chi connectivity index (χ1v) is 7.68. The molecule has 0 fully saturated rings. The summed E-state index contributed by atoms with van der Waals surface area (Å²) in [5, 5.41) is 8.36. The van der Waals surface area contributed by atoms with Crippen molar-refractivity contribution < 1.29 is 22.3 Å². The average molecular weight is 409 g/mol. The predicted molar refractivity (Wildman–Crippen MR) is 69.1 cm³/mol. The Labute approximate surface area is 120 Å². The summed E-state index contributed by atoms with van der Waals surface area (Å²) < 4.78 is 51.6. The largest absolute Gasteiger partial charge is 0.390 e. The maximum absolute atomic E-state index is 12.8. The van der Waals surface area contributed by atoms with E-state index in [-0.39, 0.29) is 9.37 Å². The Bertz CT molecular complexity index is 537. The number of aliphatic hydroxyl groups is 1. The summed E-state index contributed by atoms with van der Waals surface area (Å²) in [6.45, 7) is -2.58. The van der Waals surface area contributed by atoms with E-state index < -0.39 is 29.1 Å². The highest BCUT2D eigenvalue weighted by molar-refractivity contribution is 9.11. The minimum atomic E-state index is -4.07. The lowest BCUT2D eigenvalue weighted by molar-refractivity contribution is -0.0437. The molecule has 0 spiro atoms. The first-order valence-electron chi connectivity index (χ1n) is 4.61. The molecule has 1 aromatic carbocycles. The van der Waals surface area contributed by atoms with Crippen molar-refractivity contribution >= 4 is 41.9 Å². The van der Waals surface area contributed by atoms with Gasteiger partial charge in [0.25, 0.3) is 5.92 Å². The van der Waals surface area contributed by atoms with Gasteiger partial charge in [-0.25, -0.2) is 21.9 Å². The quantitative estimate of drug-likeness (QED) is 0.784. The summed E-state index contributed by atoms with van der Waals surface area (Å²) in [5.41, 5.74) is 0. The molecule has 9 heteroatoms. The van der Waals surface area contributed by atoms with E-state index in [9.17, 15) is 17.2 Å². The van der Waals surface area contributed by atoms with Crippen LogP contribution in [0.15, 0.2) is 32.0 Å². The number of benzene rings is 1. The lowest BCUT2D eigenvalue weighted by Gasteiger charge is -2.14. The average Bonchev–Trinajstić information content (AvgIpc) is 2.30. The van der Waals surface area contributed by atoms with Crippen molar-refractivity contribution in [3.8, 4) is 0 Å². The molecule has 0 amide bonds. The van der Waals surface area contributed by atoms with Crippen molar-refractivity contribution in [1.29, 1.82) is 0 Å². The fourth-order valence-corrected chi connectivity index (χ4v) is 3.58. The standard InChI is InChI=1S/C9H9Br2F2NO3S/c10-6-1-2-7(11)8(3-6)18(16,17)14-4-9(12,13)5-15/h1-3,14-15H,4-5H2. The number of hydrogen-bond acceptors (Lipinski definition) is 3. The van der Waals surface area contributed by atoms with Gasteiger partial charge in [-0.05, 0) is 34.1 Å². The molecular weight excluding hydrogens is 400 g/mol. The van der Waals surface area contributed by atoms with Gasteiger partial charge in [0.2, 0.25) is 10.0 Å². The number of alkyl halides is 2. The third-order valence-corrected chi connectivity index (χ3v) is 4.82. The first kappa shape index (κ1) is 16.0. The van der Waals surface area contributed by atoms with Crippen LogP contribution in [0.3, 0.4) is 0 Å². The zero-order chi connectivity index (χ0) is 14.0. The summed E-state index contributed by atoms with van der Waals surface area (Å²) in [5.74, 6) is -3.49. The summed E-state index contributed by atoms with van der Waals surface area (Å²) in [6.07, 6.45) is 0. The molecule has 0 bridgehead atoms. The van der Waals surface area contributed by atoms with Crippen LogP contribution in [0.2, 0.25) is 0 Å². The van der Waals surface area contributed by atoms with Gasteiger partial charge >= 0.3 is 0 Å². The van der Waals surface area contributed by atoms with E-state index in [0.717, 1.165) is 0 Å². The maximum Gasteiger partial charge on any atom is 0.283 e. The Morgan fingerprint density at radius 1 is 1.33 bits per heavy atom. The molecule has 102 valence electrons. The molecule has 1 aromatic rings. The lowest BCUT2D eigenvalue weighted by atomic mass is 10.4. The summed E-state index contributed by atoms with van der Waals surface area (Å²) in [4.78, 5) is -0.161. The summed E-state index contributed by atoms with van der Waals surface area (Å²) in [7, 11) is -4.07. The molecule has 0 heterocycles. The highest BCUT2D eigenvalue weighted by Crippen LogP contribution is 2.25. The first-order chi connectivity index (χ1) is 8.18. The minimum absolute atomic E-state index is 0.161. The summed E-state index contributed by atoms with van der Waals surface area (Å²) >= 11 is 6.12. The molecule has 0 radical (unpaired) electrons. The molecule has 0 aromatic heterocycles. The zero-order valence-corrected chi connectivity index (χ0v) is 12.8. The normalized spacial score (nSPS) is 12.7. The van der Waals surface area contributed by atoms with Crippen molar-refractivity contribution in [1.82, 2.24) is 4.72 Å². The van der Waals surface area contributed by atoms with Gasteiger partial charge in [0.05, 0.1) is 11.4 Å². The number of sulfonamides is 1. The second-order valence-corrected chi connectivity index (χ2v) is 6.92. The van der Waals surface area contributed by atoms with E-state index in [1.54, 1.807) is 10.8 Å². The second-order valence-electron chi connectivity index (χ2n) is 3.41. The Kier molecular flexibility index (Phi) is 5.24. The van der Waals surface area contributed by atoms with E-state index in [1.807, 2.05) is 0 Å². The Hall–Kier alpha value is -0.0900. The Morgan fingerprint density at radius 2 is 1.94 bits per heavy atom. The fraction of sp³-hybridized carbons (Fsp3) is 0.333. The van der Waals surface area contributed by atoms with Gasteiger partial charge in [0.1, 0.15) is 6.61 Å². The van der Waals surface area contributed by atoms with Gasteiger partial charge in [-0.15, -0.1) is 0 Å². The molecule has 4 nitrogen and oxygen atoms in total. The third kappa shape index (κ3) is 4.23. The zero-order valence-electron chi connectivity index (χ0n) is 8.83. The molecular formula is C9H9Br2F2NO3S. The number of halogens is 4. The minimum Gasteiger partial charge on any atom is -0.390 e. The van der Waals surface area contributed by atoms with Gasteiger partial charge in [-0.2, -0.15) is 0 Å². The molecule has 2 N–H and O–H groups in total. The van der Waals surface area contributed by atoms with Crippen molar-refractivity contribution in [2.24, 2.45) is 0 Å². The van der Waals surface area contributed by atoms with Gasteiger partial charge in [0.15, 0.2) is 0 Å². The molecule has 0 aliphatic rings. The lowest BCUT2D eigenvalue weighted by Crippen LogP contribution is -2.39. The molecule has 0 aliphatic heterocycles. The molecule has 0 unspecified atom stereocenters. The van der Waals surface area contributed by atoms with Gasteiger partial charge in [0, 0.05) is 8.95 Å². The van der Waals surface area contributed by atoms with Crippen molar-refractivity contribution in [2.45, 2.75) is 10.8 Å². The molecule has 0 saturated carbocycles. The molecule has 0 atom stereocenters. The molecule has 0 saturated heterocycles. The van der Waals surface area contributed by atoms with Crippen LogP contribution in [-0.2, 0) is 10.0 Å². The predicted octanol–water partition coefficient (Wildman–Crippen LogP) is 2.12. The third-order valence-electron chi connectivity index (χ3n) is 1.93. The monoisotopic (exact) mass is 407 g/mol. The van der Waals surface area contributed by atoms with E-state index in [0.29, 0.717) is 4.47 Å². The van der Waals surface area contributed by atoms with E-state index in [4.69, 9.17) is 5.11 Å². The van der Waals surface area contributed by atoms with Crippen molar-refractivity contribution in [3.05, 3.63) is 27.1 Å². The second kappa shape index (κ2) is 5.91. The summed E-state index contributed by atoms with van der Waals surface area (Å²) in [6, 6.07) is 4.36. The fourth-order valence-electron chi connectivity index (χ4n) is 1.02. The van der Waals surface area contributed by atoms with Gasteiger partial charge in [-0.3, -0.25) is 0 Å². The van der Waals surface area contributed by atoms with Crippen LogP contribution in [-0.4, -0.2) is 32.6 Å². The molecule has 0 aliphatic carbocycles. The number of hydrogen-bond donors (Lipinski definition) is 2. The number of aliphatic hydroxyl groups excluding tert-OH is 1. The van der Waals surface area contributed by atoms with Gasteiger partial charge < -0.3 is 5.11 Å². The molecule has 18 heavy (non-hydrogen) atoms. The van der Waals surface area contributed by atoms with Crippen molar-refractivity contribution in [2.75, 3.05) is 13.2 Å². The van der Waals surface area contributed by atoms with Crippen LogP contribution >= 0.6 is 31.9 Å². The van der Waals surface area contributed by atoms with E-state index in [2.05, 4.69) is 31.9 Å². The Balaban J connectivity index is 2.97. The SMILES string of the molecule is O=S(=O)(NCC(F)(F)CO)c1cc(Br)ccc1Br. The van der Waals surface area contributed by atoms with Crippen LogP contribution in [0.4, 0.5) is 8.78 Å². The highest BCUT2D eigenvalue weighted by atomic mass is 79.9. The topological polar surface area (TPSA) is 66.4 Å². The van der Waals surface area contributed by atoms with E-state index in [1.165, 1.54) is 12.1 Å². The maximum atomic E-state index is 12.8. The molecule has 1 rings (SSSR count). The van der Waals surface area contributed by atoms with Crippen LogP contribution in [0.5, 0.6) is 0 Å². The highest BCUT2D eigenvalue weighted by Gasteiger charge is 2.30. The van der Waals surface area contributed by atoms with Crippen LogP contribution in [0.1, 0.15) is 0 Å². The van der Waals surface area contributed by atoms with Gasteiger partial charge in [-0.1, -0.05) is 15.9 Å². The van der Waals surface area contributed by atoms with Crippen LogP contribution in [0, 0.1) is 0 Å². The van der Waals surface area contributed by atoms with Crippen LogP contribution < -0.4 is 4.72 Å². The smallest absolute Gasteiger partial charge is 0.283 e. The van der Waals surface area contributed by atoms with E-state index >= 15 is 0 Å². The Morgan fingerprint density at radius 3 is 2.50 bits per heavy atom. The number of nitrogens with one attached hydrogen (secondary N) is 1. The van der Waals surface area contributed by atoms with Crippen LogP contribution in [0.25, 0.3) is 0 Å².